The Labute approximate surface area is 96.5 Å². The molecule has 2 aliphatic carbocycles. The molecule has 0 N–H and O–H groups in total. The van der Waals surface area contributed by atoms with Gasteiger partial charge in [0, 0.05) is 12.3 Å². The molecule has 0 unspecified atom stereocenters. The van der Waals surface area contributed by atoms with Crippen LogP contribution in [0.4, 0.5) is 0 Å². The summed E-state index contributed by atoms with van der Waals surface area (Å²) < 4.78 is 4.84. The largest absolute Gasteiger partial charge is 0.469 e. The number of esters is 1. The monoisotopic (exact) mass is 224 g/mol. The molecular formula is C13H20O3. The van der Waals surface area contributed by atoms with Crippen molar-refractivity contribution in [2.24, 2.45) is 17.8 Å². The first kappa shape index (κ1) is 11.6. The molecule has 0 spiro atoms. The van der Waals surface area contributed by atoms with E-state index in [0.29, 0.717) is 5.78 Å². The molecule has 0 aromatic rings. The molecule has 90 valence electrons. The first-order chi connectivity index (χ1) is 7.74. The van der Waals surface area contributed by atoms with Crippen LogP contribution in [0.1, 0.15) is 44.9 Å². The smallest absolute Gasteiger partial charge is 0.308 e. The fourth-order valence-electron chi connectivity index (χ4n) is 3.38. The molecule has 0 aromatic carbocycles. The highest BCUT2D eigenvalue weighted by Crippen LogP contribution is 2.42. The van der Waals surface area contributed by atoms with E-state index < -0.39 is 0 Å². The third-order valence-corrected chi connectivity index (χ3v) is 4.19. The molecule has 2 saturated carbocycles. The fourth-order valence-corrected chi connectivity index (χ4v) is 3.38. The van der Waals surface area contributed by atoms with Crippen LogP contribution in [-0.2, 0) is 14.3 Å². The zero-order valence-corrected chi connectivity index (χ0v) is 9.91. The lowest BCUT2D eigenvalue weighted by Gasteiger charge is -2.29. The van der Waals surface area contributed by atoms with E-state index in [1.807, 2.05) is 0 Å². The highest BCUT2D eigenvalue weighted by molar-refractivity contribution is 5.83. The van der Waals surface area contributed by atoms with Crippen molar-refractivity contribution in [3.63, 3.8) is 0 Å². The van der Waals surface area contributed by atoms with Gasteiger partial charge in [-0.3, -0.25) is 9.59 Å². The molecule has 3 atom stereocenters. The Morgan fingerprint density at radius 2 is 2.00 bits per heavy atom. The molecule has 3 nitrogen and oxygen atoms in total. The first-order valence-corrected chi connectivity index (χ1v) is 6.34. The van der Waals surface area contributed by atoms with Gasteiger partial charge < -0.3 is 4.74 Å². The van der Waals surface area contributed by atoms with Gasteiger partial charge in [0.2, 0.25) is 0 Å². The van der Waals surface area contributed by atoms with E-state index in [-0.39, 0.29) is 23.7 Å². The van der Waals surface area contributed by atoms with E-state index in [4.69, 9.17) is 4.74 Å². The van der Waals surface area contributed by atoms with E-state index in [1.54, 1.807) is 0 Å². The maximum atomic E-state index is 11.9. The Bertz CT molecular complexity index is 285. The molecule has 3 heteroatoms. The summed E-state index contributed by atoms with van der Waals surface area (Å²) in [5, 5.41) is 0. The quantitative estimate of drug-likeness (QED) is 0.676. The molecule has 16 heavy (non-hydrogen) atoms. The van der Waals surface area contributed by atoms with Crippen molar-refractivity contribution in [2.75, 3.05) is 7.11 Å². The topological polar surface area (TPSA) is 43.4 Å². The molecule has 0 saturated heterocycles. The Balaban J connectivity index is 2.06. The van der Waals surface area contributed by atoms with Crippen molar-refractivity contribution in [3.8, 4) is 0 Å². The summed E-state index contributed by atoms with van der Waals surface area (Å²) in [5.74, 6) is 0.658. The number of methoxy groups -OCH3 is 1. The first-order valence-electron chi connectivity index (χ1n) is 6.34. The number of hydrogen-bond donors (Lipinski definition) is 0. The van der Waals surface area contributed by atoms with Gasteiger partial charge in [-0.15, -0.1) is 0 Å². The molecule has 0 amide bonds. The summed E-state index contributed by atoms with van der Waals surface area (Å²) in [4.78, 5) is 23.5. The Morgan fingerprint density at radius 1 is 1.19 bits per heavy atom. The molecule has 0 heterocycles. The standard InChI is InChI=1S/C13H20O3/c1-16-13(15)11-7-4-6-9(11)10-5-2-3-8-12(10)14/h9-11H,2-8H2,1H3/t9-,10+,11+/m1/s1. The summed E-state index contributed by atoms with van der Waals surface area (Å²) >= 11 is 0. The number of rotatable bonds is 2. The van der Waals surface area contributed by atoms with Crippen LogP contribution in [0.5, 0.6) is 0 Å². The van der Waals surface area contributed by atoms with Gasteiger partial charge in [-0.1, -0.05) is 12.8 Å². The highest BCUT2D eigenvalue weighted by Gasteiger charge is 2.41. The summed E-state index contributed by atoms with van der Waals surface area (Å²) in [6.07, 6.45) is 6.86. The van der Waals surface area contributed by atoms with Crippen molar-refractivity contribution in [1.29, 1.82) is 0 Å². The van der Waals surface area contributed by atoms with Gasteiger partial charge in [-0.25, -0.2) is 0 Å². The van der Waals surface area contributed by atoms with Gasteiger partial charge >= 0.3 is 5.97 Å². The lowest BCUT2D eigenvalue weighted by molar-refractivity contribution is -0.148. The zero-order chi connectivity index (χ0) is 11.5. The predicted molar refractivity (Wildman–Crippen MR) is 59.8 cm³/mol. The Kier molecular flexibility index (Phi) is 3.62. The third kappa shape index (κ3) is 2.13. The third-order valence-electron chi connectivity index (χ3n) is 4.19. The number of carbonyl (C=O) groups is 2. The number of ether oxygens (including phenoxy) is 1. The van der Waals surface area contributed by atoms with Gasteiger partial charge in [-0.2, -0.15) is 0 Å². The van der Waals surface area contributed by atoms with Crippen LogP contribution in [0.3, 0.4) is 0 Å². The molecule has 2 rings (SSSR count). The molecular weight excluding hydrogens is 204 g/mol. The highest BCUT2D eigenvalue weighted by atomic mass is 16.5. The van der Waals surface area contributed by atoms with Crippen molar-refractivity contribution in [2.45, 2.75) is 44.9 Å². The van der Waals surface area contributed by atoms with Gasteiger partial charge in [-0.05, 0) is 31.6 Å². The number of hydrogen-bond acceptors (Lipinski definition) is 3. The van der Waals surface area contributed by atoms with Crippen molar-refractivity contribution >= 4 is 11.8 Å². The van der Waals surface area contributed by atoms with Crippen LogP contribution in [0.2, 0.25) is 0 Å². The van der Waals surface area contributed by atoms with E-state index in [1.165, 1.54) is 7.11 Å². The Morgan fingerprint density at radius 3 is 2.69 bits per heavy atom. The summed E-state index contributed by atoms with van der Waals surface area (Å²) in [7, 11) is 1.44. The maximum Gasteiger partial charge on any atom is 0.308 e. The summed E-state index contributed by atoms with van der Waals surface area (Å²) in [5.41, 5.74) is 0. The van der Waals surface area contributed by atoms with Gasteiger partial charge in [0.15, 0.2) is 0 Å². The minimum absolute atomic E-state index is 0.0166. The molecule has 2 aliphatic rings. The molecule has 0 aliphatic heterocycles. The number of ketones is 1. The lowest BCUT2D eigenvalue weighted by atomic mass is 9.74. The summed E-state index contributed by atoms with van der Waals surface area (Å²) in [6.45, 7) is 0. The van der Waals surface area contributed by atoms with Crippen LogP contribution in [0, 0.1) is 17.8 Å². The predicted octanol–water partition coefficient (Wildman–Crippen LogP) is 2.33. The van der Waals surface area contributed by atoms with Gasteiger partial charge in [0.1, 0.15) is 5.78 Å². The number of carbonyl (C=O) groups excluding carboxylic acids is 2. The Hall–Kier alpha value is -0.860. The van der Waals surface area contributed by atoms with E-state index in [9.17, 15) is 9.59 Å². The van der Waals surface area contributed by atoms with Crippen LogP contribution in [0.15, 0.2) is 0 Å². The van der Waals surface area contributed by atoms with E-state index >= 15 is 0 Å². The van der Waals surface area contributed by atoms with E-state index in [0.717, 1.165) is 44.9 Å². The van der Waals surface area contributed by atoms with Crippen LogP contribution in [0.25, 0.3) is 0 Å². The van der Waals surface area contributed by atoms with Gasteiger partial charge in [0.25, 0.3) is 0 Å². The lowest BCUT2D eigenvalue weighted by Crippen LogP contribution is -2.32. The van der Waals surface area contributed by atoms with Crippen molar-refractivity contribution < 1.29 is 14.3 Å². The van der Waals surface area contributed by atoms with Crippen LogP contribution in [-0.4, -0.2) is 18.9 Å². The molecule has 2 fully saturated rings. The normalized spacial score (nSPS) is 35.1. The average Bonchev–Trinajstić information content (AvgIpc) is 2.77. The molecule has 0 aromatic heterocycles. The minimum atomic E-state index is -0.110. The zero-order valence-electron chi connectivity index (χ0n) is 9.91. The summed E-state index contributed by atoms with van der Waals surface area (Å²) in [6, 6.07) is 0. The van der Waals surface area contributed by atoms with Crippen molar-refractivity contribution in [3.05, 3.63) is 0 Å². The van der Waals surface area contributed by atoms with Crippen LogP contribution < -0.4 is 0 Å². The SMILES string of the molecule is COC(=O)[C@H]1CCC[C@@H]1[C@@H]1CCCCC1=O. The number of Topliss-reactive ketones (excluding diaryl/α,β-unsaturated/α-hetero) is 1. The second kappa shape index (κ2) is 4.98. The second-order valence-corrected chi connectivity index (χ2v) is 5.04. The molecule has 0 bridgehead atoms. The average molecular weight is 224 g/mol. The van der Waals surface area contributed by atoms with Crippen LogP contribution >= 0.6 is 0 Å². The van der Waals surface area contributed by atoms with E-state index in [2.05, 4.69) is 0 Å². The fraction of sp³-hybridized carbons (Fsp3) is 0.846. The van der Waals surface area contributed by atoms with Gasteiger partial charge in [0.05, 0.1) is 13.0 Å². The molecule has 0 radical (unpaired) electrons. The minimum Gasteiger partial charge on any atom is -0.469 e. The van der Waals surface area contributed by atoms with Crippen molar-refractivity contribution in [1.82, 2.24) is 0 Å². The second-order valence-electron chi connectivity index (χ2n) is 5.04. The maximum absolute atomic E-state index is 11.9.